The Bertz CT molecular complexity index is 982. The average Bonchev–Trinajstić information content (AvgIpc) is 3.29. The first-order chi connectivity index (χ1) is 20.3. The van der Waals surface area contributed by atoms with Gasteiger partial charge >= 0.3 is 5.97 Å². The summed E-state index contributed by atoms with van der Waals surface area (Å²) in [5, 5.41) is 102. The van der Waals surface area contributed by atoms with Crippen LogP contribution in [-0.4, -0.2) is 179 Å². The standard InChI is InChI=1S/C23H35NO19/c25-4-7-19(14(32)16(34)21(37)38-7)41-23-18(36)15(33)20(8(5-26)40-23)42-22-17(35)13(31)12(30)6(39-22)3-11(29)43-24-9(27)1-2-10(24)28/h6-8,12-23,25-26,30-37H,1-5H2/t6?,7?,8?,12-,13+,14-,15-,16?,17?,18?,19-,20-,21-,22+,23+/m1/s1. The summed E-state index contributed by atoms with van der Waals surface area (Å²) >= 11 is 0. The number of rotatable bonds is 9. The Kier molecular flexibility index (Phi) is 11.0. The lowest BCUT2D eigenvalue weighted by molar-refractivity contribution is -0.377. The quantitative estimate of drug-likeness (QED) is 0.106. The van der Waals surface area contributed by atoms with Crippen molar-refractivity contribution in [2.45, 2.75) is 111 Å². The van der Waals surface area contributed by atoms with Gasteiger partial charge in [-0.15, -0.1) is 5.06 Å². The molecular weight excluding hydrogens is 594 g/mol. The molecule has 4 saturated heterocycles. The molecule has 4 heterocycles. The second kappa shape index (κ2) is 14.0. The van der Waals surface area contributed by atoms with Gasteiger partial charge in [0.15, 0.2) is 18.9 Å². The second-order valence-corrected chi connectivity index (χ2v) is 10.4. The summed E-state index contributed by atoms with van der Waals surface area (Å²) in [5.74, 6) is -2.76. The minimum atomic E-state index is -2.01. The number of ether oxygens (including phenoxy) is 5. The fourth-order valence-electron chi connectivity index (χ4n) is 5.04. The molecule has 0 aromatic carbocycles. The monoisotopic (exact) mass is 629 g/mol. The number of hydroxylamine groups is 2. The molecule has 6 unspecified atom stereocenters. The Morgan fingerprint density at radius 3 is 1.65 bits per heavy atom. The molecule has 4 fully saturated rings. The predicted octanol–water partition coefficient (Wildman–Crippen LogP) is -7.57. The summed E-state index contributed by atoms with van der Waals surface area (Å²) < 4.78 is 26.8. The maximum absolute atomic E-state index is 12.3. The van der Waals surface area contributed by atoms with Gasteiger partial charge in [-0.1, -0.05) is 0 Å². The molecule has 246 valence electrons. The number of carbonyl (C=O) groups is 3. The van der Waals surface area contributed by atoms with E-state index in [4.69, 9.17) is 28.5 Å². The molecule has 0 bridgehead atoms. The van der Waals surface area contributed by atoms with Gasteiger partial charge in [0, 0.05) is 12.8 Å². The number of amides is 2. The van der Waals surface area contributed by atoms with Crippen molar-refractivity contribution in [3.63, 3.8) is 0 Å². The molecule has 20 heteroatoms. The molecule has 0 aromatic heterocycles. The highest BCUT2D eigenvalue weighted by molar-refractivity contribution is 6.01. The van der Waals surface area contributed by atoms with Gasteiger partial charge in [0.05, 0.1) is 25.7 Å². The van der Waals surface area contributed by atoms with Gasteiger partial charge < -0.3 is 79.6 Å². The third-order valence-corrected chi connectivity index (χ3v) is 7.48. The Labute approximate surface area is 242 Å². The molecular formula is C23H35NO19. The number of aliphatic hydroxyl groups is 10. The maximum atomic E-state index is 12.3. The van der Waals surface area contributed by atoms with Crippen LogP contribution in [0.5, 0.6) is 0 Å². The number of carbonyl (C=O) groups excluding carboxylic acids is 3. The highest BCUT2D eigenvalue weighted by Crippen LogP contribution is 2.32. The third kappa shape index (κ3) is 6.98. The van der Waals surface area contributed by atoms with Gasteiger partial charge in [0.1, 0.15) is 67.1 Å². The van der Waals surface area contributed by atoms with Gasteiger partial charge in [-0.25, -0.2) is 4.79 Å². The molecule has 2 amide bonds. The molecule has 10 N–H and O–H groups in total. The van der Waals surface area contributed by atoms with Crippen LogP contribution < -0.4 is 0 Å². The number of aliphatic hydroxyl groups excluding tert-OH is 10. The Balaban J connectivity index is 1.42. The number of imide groups is 1. The Hall–Kier alpha value is -1.99. The van der Waals surface area contributed by atoms with E-state index in [1.54, 1.807) is 0 Å². The minimum Gasteiger partial charge on any atom is -0.394 e. The van der Waals surface area contributed by atoms with Crippen LogP contribution in [0.3, 0.4) is 0 Å². The Morgan fingerprint density at radius 2 is 1.12 bits per heavy atom. The highest BCUT2D eigenvalue weighted by atomic mass is 16.8. The minimum absolute atomic E-state index is 0.173. The molecule has 15 atom stereocenters. The van der Waals surface area contributed by atoms with Crippen LogP contribution in [-0.2, 0) is 42.9 Å². The van der Waals surface area contributed by atoms with E-state index in [0.29, 0.717) is 0 Å². The topological polar surface area (TPSA) is 312 Å². The first kappa shape index (κ1) is 33.9. The van der Waals surface area contributed by atoms with Crippen LogP contribution in [0.4, 0.5) is 0 Å². The van der Waals surface area contributed by atoms with Gasteiger partial charge in [0.25, 0.3) is 11.8 Å². The molecule has 20 nitrogen and oxygen atoms in total. The van der Waals surface area contributed by atoms with E-state index in [1.807, 2.05) is 0 Å². The van der Waals surface area contributed by atoms with Crippen molar-refractivity contribution in [3.8, 4) is 0 Å². The molecule has 4 rings (SSSR count). The van der Waals surface area contributed by atoms with Crippen LogP contribution >= 0.6 is 0 Å². The van der Waals surface area contributed by atoms with Crippen molar-refractivity contribution < 1.29 is 94.0 Å². The van der Waals surface area contributed by atoms with E-state index in [9.17, 15) is 65.4 Å². The highest BCUT2D eigenvalue weighted by Gasteiger charge is 2.53. The first-order valence-electron chi connectivity index (χ1n) is 13.3. The smallest absolute Gasteiger partial charge is 0.335 e. The van der Waals surface area contributed by atoms with E-state index >= 15 is 0 Å². The normalized spacial score (nSPS) is 45.8. The van der Waals surface area contributed by atoms with Crippen molar-refractivity contribution >= 4 is 17.8 Å². The zero-order chi connectivity index (χ0) is 31.7. The van der Waals surface area contributed by atoms with Crippen LogP contribution in [0, 0.1) is 0 Å². The molecule has 43 heavy (non-hydrogen) atoms. The third-order valence-electron chi connectivity index (χ3n) is 7.48. The lowest BCUT2D eigenvalue weighted by Gasteiger charge is -2.47. The lowest BCUT2D eigenvalue weighted by atomic mass is 9.95. The molecule has 4 aliphatic rings. The van der Waals surface area contributed by atoms with Crippen LogP contribution in [0.15, 0.2) is 0 Å². The number of hydrogen-bond acceptors (Lipinski definition) is 19. The molecule has 0 saturated carbocycles. The first-order valence-corrected chi connectivity index (χ1v) is 13.3. The van der Waals surface area contributed by atoms with E-state index in [-0.39, 0.29) is 17.9 Å². The Morgan fingerprint density at radius 1 is 0.651 bits per heavy atom. The summed E-state index contributed by atoms with van der Waals surface area (Å²) in [5.41, 5.74) is 0. The zero-order valence-electron chi connectivity index (χ0n) is 22.3. The molecule has 0 radical (unpaired) electrons. The predicted molar refractivity (Wildman–Crippen MR) is 126 cm³/mol. The number of hydrogen-bond donors (Lipinski definition) is 10. The van der Waals surface area contributed by atoms with E-state index < -0.39 is 130 Å². The largest absolute Gasteiger partial charge is 0.394 e. The zero-order valence-corrected chi connectivity index (χ0v) is 22.3. The van der Waals surface area contributed by atoms with E-state index in [1.165, 1.54) is 0 Å². The lowest BCUT2D eigenvalue weighted by Crippen LogP contribution is -2.66. The van der Waals surface area contributed by atoms with Crippen molar-refractivity contribution in [1.29, 1.82) is 0 Å². The van der Waals surface area contributed by atoms with Crippen molar-refractivity contribution in [2.75, 3.05) is 13.2 Å². The fourth-order valence-corrected chi connectivity index (χ4v) is 5.04. The summed E-state index contributed by atoms with van der Waals surface area (Å²) in [6, 6.07) is 0. The fraction of sp³-hybridized carbons (Fsp3) is 0.870. The van der Waals surface area contributed by atoms with Gasteiger partial charge in [-0.2, -0.15) is 0 Å². The second-order valence-electron chi connectivity index (χ2n) is 10.4. The summed E-state index contributed by atoms with van der Waals surface area (Å²) in [4.78, 5) is 40.4. The van der Waals surface area contributed by atoms with E-state index in [0.717, 1.165) is 0 Å². The molecule has 4 aliphatic heterocycles. The van der Waals surface area contributed by atoms with Gasteiger partial charge in [0.2, 0.25) is 0 Å². The summed E-state index contributed by atoms with van der Waals surface area (Å²) in [6.45, 7) is -1.72. The average molecular weight is 630 g/mol. The summed E-state index contributed by atoms with van der Waals surface area (Å²) in [7, 11) is 0. The van der Waals surface area contributed by atoms with Gasteiger partial charge in [-0.3, -0.25) is 9.59 Å². The van der Waals surface area contributed by atoms with Crippen molar-refractivity contribution in [1.82, 2.24) is 5.06 Å². The van der Waals surface area contributed by atoms with Crippen LogP contribution in [0.1, 0.15) is 19.3 Å². The maximum Gasteiger partial charge on any atom is 0.335 e. The van der Waals surface area contributed by atoms with Crippen LogP contribution in [0.25, 0.3) is 0 Å². The van der Waals surface area contributed by atoms with Crippen molar-refractivity contribution in [3.05, 3.63) is 0 Å². The van der Waals surface area contributed by atoms with Crippen LogP contribution in [0.2, 0.25) is 0 Å². The van der Waals surface area contributed by atoms with Crippen molar-refractivity contribution in [2.24, 2.45) is 0 Å². The number of nitrogens with zero attached hydrogens (tertiary/aromatic N) is 1. The molecule has 0 spiro atoms. The molecule has 0 aliphatic carbocycles. The van der Waals surface area contributed by atoms with Gasteiger partial charge in [-0.05, 0) is 0 Å². The SMILES string of the molecule is O=C(CC1O[C@@H](O[C@@H]2C(CO)O[C@@H](O[C@@H]3C(CO)O[C@@H](O)C(O)[C@H]3O)C(O)[C@H]2O)C(O)[C@@H](O)[C@@H]1O)ON1C(=O)CCC1=O. The molecule has 0 aromatic rings. The summed E-state index contributed by atoms with van der Waals surface area (Å²) in [6.07, 6.45) is -28.4. The van der Waals surface area contributed by atoms with E-state index in [2.05, 4.69) is 0 Å².